The zero-order valence-corrected chi connectivity index (χ0v) is 12.4. The van der Waals surface area contributed by atoms with Gasteiger partial charge in [0.1, 0.15) is 5.25 Å². The van der Waals surface area contributed by atoms with E-state index in [4.69, 9.17) is 4.74 Å². The van der Waals surface area contributed by atoms with Crippen LogP contribution in [0.1, 0.15) is 17.5 Å². The van der Waals surface area contributed by atoms with Crippen LogP contribution in [0.25, 0.3) is 0 Å². The summed E-state index contributed by atoms with van der Waals surface area (Å²) in [4.78, 5) is 30.2. The zero-order chi connectivity index (χ0) is 15.5. The van der Waals surface area contributed by atoms with E-state index >= 15 is 0 Å². The highest BCUT2D eigenvalue weighted by atomic mass is 32.2. The second-order valence-corrected chi connectivity index (χ2v) is 6.09. The van der Waals surface area contributed by atoms with Crippen LogP contribution in [-0.2, 0) is 16.0 Å². The summed E-state index contributed by atoms with van der Waals surface area (Å²) in [7, 11) is 0. The number of cyclic esters (lactones) is 1. The summed E-state index contributed by atoms with van der Waals surface area (Å²) in [6.07, 6.45) is 0.866. The van der Waals surface area contributed by atoms with E-state index in [1.165, 1.54) is 0 Å². The largest absolute Gasteiger partial charge is 0.493 e. The van der Waals surface area contributed by atoms with Crippen LogP contribution in [0.2, 0.25) is 0 Å². The molecule has 0 aliphatic carbocycles. The fraction of sp³-hybridized carbons (Fsp3) is 0.267. The normalized spacial score (nSPS) is 17.5. The van der Waals surface area contributed by atoms with Crippen molar-refractivity contribution in [3.8, 4) is 5.88 Å². The van der Waals surface area contributed by atoms with Gasteiger partial charge in [-0.25, -0.2) is 0 Å². The van der Waals surface area contributed by atoms with Gasteiger partial charge in [-0.3, -0.25) is 9.59 Å². The lowest BCUT2D eigenvalue weighted by atomic mass is 10.1. The molecule has 0 saturated carbocycles. The topological polar surface area (TPSA) is 92.3 Å². The molecular weight excluding hydrogens is 304 g/mol. The first-order valence-corrected chi connectivity index (χ1v) is 7.71. The first kappa shape index (κ1) is 14.6. The third-order valence-electron chi connectivity index (χ3n) is 3.34. The van der Waals surface area contributed by atoms with Crippen molar-refractivity contribution in [3.63, 3.8) is 0 Å². The fourth-order valence-electron chi connectivity index (χ4n) is 2.20. The van der Waals surface area contributed by atoms with Crippen LogP contribution in [0.15, 0.2) is 40.3 Å². The number of benzene rings is 1. The highest BCUT2D eigenvalue weighted by Crippen LogP contribution is 2.27. The molecule has 22 heavy (non-hydrogen) atoms. The van der Waals surface area contributed by atoms with Crippen LogP contribution in [-0.4, -0.2) is 32.9 Å². The number of carbonyl (C=O) groups excluding carboxylic acids is 1. The Morgan fingerprint density at radius 3 is 2.73 bits per heavy atom. The molecule has 0 spiro atoms. The molecule has 1 aliphatic heterocycles. The van der Waals surface area contributed by atoms with Crippen molar-refractivity contribution in [1.29, 1.82) is 0 Å². The molecule has 0 amide bonds. The molecule has 0 bridgehead atoms. The number of H-pyrrole nitrogens is 1. The van der Waals surface area contributed by atoms with Crippen molar-refractivity contribution in [2.24, 2.45) is 0 Å². The molecule has 1 aliphatic rings. The number of rotatable bonds is 4. The molecule has 114 valence electrons. The number of carbonyl (C=O) groups is 1. The van der Waals surface area contributed by atoms with Crippen molar-refractivity contribution < 1.29 is 14.6 Å². The minimum atomic E-state index is -0.398. The van der Waals surface area contributed by atoms with E-state index < -0.39 is 5.56 Å². The fourth-order valence-corrected chi connectivity index (χ4v) is 3.14. The first-order valence-electron chi connectivity index (χ1n) is 6.83. The van der Waals surface area contributed by atoms with Crippen LogP contribution >= 0.6 is 11.8 Å². The monoisotopic (exact) mass is 318 g/mol. The summed E-state index contributed by atoms with van der Waals surface area (Å²) in [5.41, 5.74) is 0.722. The summed E-state index contributed by atoms with van der Waals surface area (Å²) < 4.78 is 4.86. The molecule has 1 aromatic heterocycles. The number of thioether (sulfide) groups is 1. The van der Waals surface area contributed by atoms with Crippen LogP contribution in [0, 0.1) is 0 Å². The Kier molecular flexibility index (Phi) is 4.15. The van der Waals surface area contributed by atoms with Gasteiger partial charge < -0.3 is 14.8 Å². The van der Waals surface area contributed by atoms with Gasteiger partial charge in [0.2, 0.25) is 5.88 Å². The van der Waals surface area contributed by atoms with Crippen molar-refractivity contribution in [3.05, 3.63) is 51.8 Å². The van der Waals surface area contributed by atoms with E-state index in [-0.39, 0.29) is 27.8 Å². The lowest BCUT2D eigenvalue weighted by Crippen LogP contribution is -2.17. The number of nitrogens with zero attached hydrogens (tertiary/aromatic N) is 1. The average Bonchev–Trinajstić information content (AvgIpc) is 2.89. The summed E-state index contributed by atoms with van der Waals surface area (Å²) in [6, 6.07) is 9.35. The van der Waals surface area contributed by atoms with Crippen LogP contribution in [0.3, 0.4) is 0 Å². The number of hydrogen-bond acceptors (Lipinski definition) is 6. The number of hydrogen-bond donors (Lipinski definition) is 2. The molecular formula is C15H14N2O4S. The predicted molar refractivity (Wildman–Crippen MR) is 81.0 cm³/mol. The zero-order valence-electron chi connectivity index (χ0n) is 11.6. The Balaban J connectivity index is 1.82. The number of nitrogens with one attached hydrogen (secondary N) is 1. The molecule has 2 heterocycles. The molecule has 1 saturated heterocycles. The van der Waals surface area contributed by atoms with Crippen LogP contribution in [0.4, 0.5) is 0 Å². The highest BCUT2D eigenvalue weighted by Gasteiger charge is 2.28. The number of aromatic nitrogens is 2. The quantitative estimate of drug-likeness (QED) is 0.655. The summed E-state index contributed by atoms with van der Waals surface area (Å²) in [5, 5.41) is 9.85. The van der Waals surface area contributed by atoms with Gasteiger partial charge >= 0.3 is 5.97 Å². The second-order valence-electron chi connectivity index (χ2n) is 4.90. The summed E-state index contributed by atoms with van der Waals surface area (Å²) in [5.74, 6) is -0.623. The van der Waals surface area contributed by atoms with Gasteiger partial charge in [-0.05, 0) is 5.56 Å². The number of aromatic hydroxyl groups is 1. The summed E-state index contributed by atoms with van der Waals surface area (Å²) in [6.45, 7) is 0.374. The van der Waals surface area contributed by atoms with E-state index in [1.54, 1.807) is 0 Å². The third-order valence-corrected chi connectivity index (χ3v) is 4.47. The van der Waals surface area contributed by atoms with E-state index in [9.17, 15) is 14.7 Å². The number of esters is 1. The molecule has 6 nitrogen and oxygen atoms in total. The molecule has 1 aromatic carbocycles. The maximum absolute atomic E-state index is 12.1. The van der Waals surface area contributed by atoms with Crippen molar-refractivity contribution in [1.82, 2.24) is 9.97 Å². The van der Waals surface area contributed by atoms with Crippen LogP contribution in [0.5, 0.6) is 5.88 Å². The van der Waals surface area contributed by atoms with Gasteiger partial charge in [0.25, 0.3) is 5.56 Å². The van der Waals surface area contributed by atoms with Gasteiger partial charge in [-0.2, -0.15) is 4.98 Å². The van der Waals surface area contributed by atoms with E-state index in [0.29, 0.717) is 19.4 Å². The molecule has 1 fully saturated rings. The Morgan fingerprint density at radius 1 is 1.32 bits per heavy atom. The predicted octanol–water partition coefficient (Wildman–Crippen LogP) is 1.47. The second kappa shape index (κ2) is 6.23. The van der Waals surface area contributed by atoms with Gasteiger partial charge in [-0.1, -0.05) is 42.1 Å². The summed E-state index contributed by atoms with van der Waals surface area (Å²) >= 11 is 1.10. The van der Waals surface area contributed by atoms with E-state index in [1.807, 2.05) is 30.3 Å². The minimum absolute atomic E-state index is 0.213. The van der Waals surface area contributed by atoms with Gasteiger partial charge in [-0.15, -0.1) is 0 Å². The standard InChI is InChI=1S/C15H14N2O4S/c18-12-10(8-9-4-2-1-3-5-9)13(19)17-15(16-12)22-11-6-7-21-14(11)20/h1-5,11H,6-8H2,(H2,16,17,18,19). The SMILES string of the molecule is O=C1OCCC1Sc1nc(O)c(Cc2ccccc2)c(=O)[nH]1. The van der Waals surface area contributed by atoms with E-state index in [2.05, 4.69) is 9.97 Å². The maximum Gasteiger partial charge on any atom is 0.319 e. The van der Waals surface area contributed by atoms with Crippen LogP contribution < -0.4 is 5.56 Å². The average molecular weight is 318 g/mol. The van der Waals surface area contributed by atoms with E-state index in [0.717, 1.165) is 17.3 Å². The van der Waals surface area contributed by atoms with Crippen molar-refractivity contribution in [2.75, 3.05) is 6.61 Å². The number of ether oxygens (including phenoxy) is 1. The van der Waals surface area contributed by atoms with Gasteiger partial charge in [0.05, 0.1) is 12.2 Å². The Hall–Kier alpha value is -2.28. The lowest BCUT2D eigenvalue weighted by Gasteiger charge is -2.07. The Labute approximate surface area is 130 Å². The van der Waals surface area contributed by atoms with Crippen molar-refractivity contribution in [2.45, 2.75) is 23.2 Å². The first-order chi connectivity index (χ1) is 10.6. The molecule has 1 atom stereocenters. The molecule has 2 N–H and O–H groups in total. The van der Waals surface area contributed by atoms with Gasteiger partial charge in [0, 0.05) is 12.8 Å². The third kappa shape index (κ3) is 3.14. The van der Waals surface area contributed by atoms with Crippen molar-refractivity contribution >= 4 is 17.7 Å². The highest BCUT2D eigenvalue weighted by molar-refractivity contribution is 8.00. The Bertz CT molecular complexity index is 745. The Morgan fingerprint density at radius 2 is 2.09 bits per heavy atom. The van der Waals surface area contributed by atoms with Gasteiger partial charge in [0.15, 0.2) is 5.16 Å². The molecule has 2 aromatic rings. The molecule has 0 radical (unpaired) electrons. The molecule has 1 unspecified atom stereocenters. The molecule has 7 heteroatoms. The number of aromatic amines is 1. The maximum atomic E-state index is 12.1. The minimum Gasteiger partial charge on any atom is -0.493 e. The lowest BCUT2D eigenvalue weighted by molar-refractivity contribution is -0.137. The molecule has 3 rings (SSSR count). The smallest absolute Gasteiger partial charge is 0.319 e.